The van der Waals surface area contributed by atoms with Gasteiger partial charge in [0.25, 0.3) is 5.56 Å². The third-order valence-corrected chi connectivity index (χ3v) is 9.17. The fourth-order valence-electron chi connectivity index (χ4n) is 4.89. The van der Waals surface area contributed by atoms with Crippen molar-refractivity contribution >= 4 is 39.0 Å². The van der Waals surface area contributed by atoms with Crippen LogP contribution in [0.3, 0.4) is 0 Å². The normalized spacial score (nSPS) is 14.5. The Balaban J connectivity index is 0.000000376. The maximum atomic E-state index is 13.3. The van der Waals surface area contributed by atoms with Crippen molar-refractivity contribution in [3.8, 4) is 11.4 Å². The number of methoxy groups -OCH3 is 1. The predicted octanol–water partition coefficient (Wildman–Crippen LogP) is 0.110. The second-order valence-electron chi connectivity index (χ2n) is 10.9. The van der Waals surface area contributed by atoms with E-state index in [1.165, 1.54) is 4.31 Å². The summed E-state index contributed by atoms with van der Waals surface area (Å²) < 4.78 is 35.0. The summed E-state index contributed by atoms with van der Waals surface area (Å²) >= 11 is 0. The highest BCUT2D eigenvalue weighted by Crippen LogP contribution is 2.28. The highest BCUT2D eigenvalue weighted by atomic mass is 32.2. The molecular formula is C28H38N6O11S. The van der Waals surface area contributed by atoms with Crippen molar-refractivity contribution in [3.63, 3.8) is 0 Å². The van der Waals surface area contributed by atoms with E-state index in [9.17, 15) is 27.6 Å². The molecule has 1 saturated heterocycles. The van der Waals surface area contributed by atoms with Crippen molar-refractivity contribution in [2.24, 2.45) is 7.05 Å². The molecule has 0 bridgehead atoms. The number of sulfonamides is 1. The molecule has 18 heteroatoms. The number of nitrogens with one attached hydrogen (secondary N) is 1. The number of carboxylic acids is 3. The highest BCUT2D eigenvalue weighted by molar-refractivity contribution is 7.89. The Morgan fingerprint density at radius 1 is 1.04 bits per heavy atom. The number of aliphatic carboxylic acids is 3. The average molecular weight is 667 g/mol. The zero-order valence-corrected chi connectivity index (χ0v) is 26.7. The van der Waals surface area contributed by atoms with Gasteiger partial charge >= 0.3 is 17.9 Å². The number of nitrogens with zero attached hydrogens (tertiary/aromatic N) is 5. The Bertz CT molecular complexity index is 1750. The van der Waals surface area contributed by atoms with E-state index in [4.69, 9.17) is 30.1 Å². The first-order chi connectivity index (χ1) is 21.5. The Morgan fingerprint density at radius 3 is 2.17 bits per heavy atom. The molecular weight excluding hydrogens is 628 g/mol. The van der Waals surface area contributed by atoms with Crippen LogP contribution in [0.1, 0.15) is 37.4 Å². The first-order valence-electron chi connectivity index (χ1n) is 14.2. The van der Waals surface area contributed by atoms with Crippen LogP contribution in [0, 0.1) is 0 Å². The van der Waals surface area contributed by atoms with Gasteiger partial charge in [0.2, 0.25) is 10.0 Å². The Labute approximate surface area is 264 Å². The second kappa shape index (κ2) is 14.9. The number of H-pyrrole nitrogens is 1. The number of ether oxygens (including phenoxy) is 1. The number of fused-ring (bicyclic) bond motifs is 1. The number of likely N-dealkylation sites (N-methyl/N-ethyl adjacent to an activating group) is 1. The lowest BCUT2D eigenvalue weighted by atomic mass is 9.96. The summed E-state index contributed by atoms with van der Waals surface area (Å²) in [5.74, 6) is -4.71. The number of aliphatic hydroxyl groups is 1. The second-order valence-corrected chi connectivity index (χ2v) is 12.8. The third-order valence-electron chi connectivity index (χ3n) is 7.27. The molecule has 0 radical (unpaired) electrons. The molecule has 2 aromatic heterocycles. The SMILES string of the molecule is CCCc1nn(C)c2c(=O)[nH]c(-c3cc(S(=O)(=O)N4CCN(C)CC4)ccc3COC)nc12.O=C(O)CC(O)(CC(=O)O)C(=O)O. The number of carboxylic acid groups (broad SMARTS) is 3. The Kier molecular flexibility index (Phi) is 11.7. The summed E-state index contributed by atoms with van der Waals surface area (Å²) in [5, 5.41) is 38.3. The van der Waals surface area contributed by atoms with Gasteiger partial charge in [0.05, 0.1) is 30.0 Å². The van der Waals surface area contributed by atoms with Crippen LogP contribution in [-0.4, -0.2) is 122 Å². The van der Waals surface area contributed by atoms with Gasteiger partial charge in [0, 0.05) is 45.9 Å². The minimum atomic E-state index is -3.68. The van der Waals surface area contributed by atoms with Crippen molar-refractivity contribution in [2.45, 2.75) is 49.7 Å². The molecule has 1 aliphatic rings. The number of aromatic amines is 1. The molecule has 46 heavy (non-hydrogen) atoms. The summed E-state index contributed by atoms with van der Waals surface area (Å²) in [6.45, 7) is 4.52. The molecule has 0 unspecified atom stereocenters. The molecule has 0 atom stereocenters. The van der Waals surface area contributed by atoms with Gasteiger partial charge in [-0.25, -0.2) is 18.2 Å². The van der Waals surface area contributed by atoms with Crippen molar-refractivity contribution < 1.29 is 48.0 Å². The summed E-state index contributed by atoms with van der Waals surface area (Å²) in [4.78, 5) is 53.2. The van der Waals surface area contributed by atoms with Gasteiger partial charge in [0.1, 0.15) is 11.3 Å². The van der Waals surface area contributed by atoms with Crippen molar-refractivity contribution in [2.75, 3.05) is 40.3 Å². The number of rotatable bonds is 12. The lowest BCUT2D eigenvalue weighted by molar-refractivity contribution is -0.170. The van der Waals surface area contributed by atoms with Gasteiger partial charge in [-0.2, -0.15) is 9.40 Å². The van der Waals surface area contributed by atoms with Crippen LogP contribution in [0.15, 0.2) is 27.9 Å². The fraction of sp³-hybridized carbons (Fsp3) is 0.500. The van der Waals surface area contributed by atoms with Crippen LogP contribution in [0.25, 0.3) is 22.4 Å². The molecule has 4 rings (SSSR count). The fourth-order valence-corrected chi connectivity index (χ4v) is 6.34. The van der Waals surface area contributed by atoms with E-state index in [2.05, 4.69) is 15.0 Å². The van der Waals surface area contributed by atoms with E-state index in [-0.39, 0.29) is 17.1 Å². The number of hydrogen-bond donors (Lipinski definition) is 5. The molecule has 3 aromatic rings. The molecule has 3 heterocycles. The molecule has 5 N–H and O–H groups in total. The quantitative estimate of drug-likeness (QED) is 0.172. The summed E-state index contributed by atoms with van der Waals surface area (Å²) in [7, 11) is 1.58. The van der Waals surface area contributed by atoms with Crippen molar-refractivity contribution in [3.05, 3.63) is 39.8 Å². The Hall–Kier alpha value is -4.23. The summed E-state index contributed by atoms with van der Waals surface area (Å²) in [5.41, 5.74) is -0.112. The molecule has 0 amide bonds. The van der Waals surface area contributed by atoms with E-state index >= 15 is 0 Å². The van der Waals surface area contributed by atoms with Crippen LogP contribution in [0.5, 0.6) is 0 Å². The van der Waals surface area contributed by atoms with E-state index in [0.717, 1.165) is 17.7 Å². The smallest absolute Gasteiger partial charge is 0.336 e. The molecule has 0 spiro atoms. The van der Waals surface area contributed by atoms with E-state index in [0.29, 0.717) is 55.0 Å². The van der Waals surface area contributed by atoms with Crippen LogP contribution in [0.2, 0.25) is 0 Å². The molecule has 0 saturated carbocycles. The van der Waals surface area contributed by atoms with Gasteiger partial charge in [-0.15, -0.1) is 0 Å². The number of benzene rings is 1. The molecule has 1 aliphatic heterocycles. The standard InChI is InChI=1S/C22H30N6O4S.C6H8O7/c1-5-6-18-19-20(27(3)25-18)22(29)24-21(23-19)17-13-16(8-7-15(17)14-32-4)33(30,31)28-11-9-26(2)10-12-28;7-3(8)1-6(13,5(11)12)2-4(9)10/h7-8,13H,5-6,9-12,14H2,1-4H3,(H,23,24,29);13H,1-2H2,(H,7,8)(H,9,10)(H,11,12). The number of piperazine rings is 1. The van der Waals surface area contributed by atoms with E-state index < -0.39 is 46.4 Å². The zero-order valence-electron chi connectivity index (χ0n) is 25.9. The molecule has 0 aliphatic carbocycles. The predicted molar refractivity (Wildman–Crippen MR) is 163 cm³/mol. The van der Waals surface area contributed by atoms with Crippen LogP contribution in [0.4, 0.5) is 0 Å². The van der Waals surface area contributed by atoms with Gasteiger partial charge in [-0.3, -0.25) is 19.1 Å². The largest absolute Gasteiger partial charge is 0.481 e. The van der Waals surface area contributed by atoms with Gasteiger partial charge < -0.3 is 35.0 Å². The van der Waals surface area contributed by atoms with Gasteiger partial charge in [-0.1, -0.05) is 19.4 Å². The van der Waals surface area contributed by atoms with Crippen molar-refractivity contribution in [1.82, 2.24) is 29.0 Å². The van der Waals surface area contributed by atoms with Crippen molar-refractivity contribution in [1.29, 1.82) is 0 Å². The van der Waals surface area contributed by atoms with E-state index in [1.54, 1.807) is 37.0 Å². The number of hydrogen-bond acceptors (Lipinski definition) is 11. The van der Waals surface area contributed by atoms with Gasteiger partial charge in [0.15, 0.2) is 11.1 Å². The summed E-state index contributed by atoms with van der Waals surface area (Å²) in [6, 6.07) is 4.90. The molecule has 1 fully saturated rings. The minimum Gasteiger partial charge on any atom is -0.481 e. The first-order valence-corrected chi connectivity index (χ1v) is 15.6. The number of aryl methyl sites for hydroxylation is 2. The zero-order chi connectivity index (χ0) is 34.4. The van der Waals surface area contributed by atoms with Crippen LogP contribution < -0.4 is 5.56 Å². The van der Waals surface area contributed by atoms with Crippen LogP contribution in [-0.2, 0) is 49.2 Å². The molecule has 17 nitrogen and oxygen atoms in total. The lowest BCUT2D eigenvalue weighted by Gasteiger charge is -2.31. The van der Waals surface area contributed by atoms with Crippen LogP contribution >= 0.6 is 0 Å². The number of carbonyl (C=O) groups is 3. The van der Waals surface area contributed by atoms with E-state index in [1.807, 2.05) is 14.0 Å². The Morgan fingerprint density at radius 2 is 1.65 bits per heavy atom. The minimum absolute atomic E-state index is 0.171. The first kappa shape index (κ1) is 36.2. The molecule has 1 aromatic carbocycles. The maximum Gasteiger partial charge on any atom is 0.336 e. The molecule has 252 valence electrons. The summed E-state index contributed by atoms with van der Waals surface area (Å²) in [6.07, 6.45) is -0.733. The van der Waals surface area contributed by atoms with Gasteiger partial charge in [-0.05, 0) is 31.2 Å². The maximum absolute atomic E-state index is 13.3. The monoisotopic (exact) mass is 666 g/mol. The number of aromatic nitrogens is 4. The highest BCUT2D eigenvalue weighted by Gasteiger charge is 2.40. The average Bonchev–Trinajstić information content (AvgIpc) is 3.28. The lowest BCUT2D eigenvalue weighted by Crippen LogP contribution is -2.47. The topological polar surface area (TPSA) is 246 Å². The third kappa shape index (κ3) is 8.32.